The molecule has 1 aromatic heterocycles. The Bertz CT molecular complexity index is 578. The second-order valence-electron chi connectivity index (χ2n) is 5.20. The Morgan fingerprint density at radius 2 is 2.00 bits per heavy atom. The summed E-state index contributed by atoms with van der Waals surface area (Å²) in [6.45, 7) is 6.52. The van der Waals surface area contributed by atoms with E-state index in [9.17, 15) is 5.11 Å². The van der Waals surface area contributed by atoms with Gasteiger partial charge in [-0.2, -0.15) is 11.3 Å². The topological polar surface area (TPSA) is 56.7 Å². The summed E-state index contributed by atoms with van der Waals surface area (Å²) in [7, 11) is 0. The highest BCUT2D eigenvalue weighted by Gasteiger charge is 2.06. The minimum Gasteiger partial charge on any atom is -0.508 e. The van der Waals surface area contributed by atoms with E-state index in [1.54, 1.807) is 23.5 Å². The van der Waals surface area contributed by atoms with Gasteiger partial charge in [0.05, 0.1) is 6.54 Å². The van der Waals surface area contributed by atoms with Gasteiger partial charge in [0.15, 0.2) is 5.96 Å². The number of hydrogen-bond donors (Lipinski definition) is 3. The first-order valence-corrected chi connectivity index (χ1v) is 8.45. The summed E-state index contributed by atoms with van der Waals surface area (Å²) in [6.07, 6.45) is 0. The van der Waals surface area contributed by atoms with Crippen LogP contribution in [-0.2, 0) is 6.54 Å². The lowest BCUT2D eigenvalue weighted by molar-refractivity contribution is 0.475. The highest BCUT2D eigenvalue weighted by molar-refractivity contribution is 7.07. The summed E-state index contributed by atoms with van der Waals surface area (Å²) in [6, 6.07) is 9.30. The fourth-order valence-electron chi connectivity index (χ4n) is 2.04. The number of thiophene rings is 1. The van der Waals surface area contributed by atoms with Crippen molar-refractivity contribution in [3.63, 3.8) is 0 Å². The zero-order chi connectivity index (χ0) is 15.8. The zero-order valence-corrected chi connectivity index (χ0v) is 13.9. The Labute approximate surface area is 135 Å². The zero-order valence-electron chi connectivity index (χ0n) is 13.0. The van der Waals surface area contributed by atoms with Gasteiger partial charge in [0.2, 0.25) is 0 Å². The molecule has 1 atom stereocenters. The van der Waals surface area contributed by atoms with Crippen molar-refractivity contribution in [3.05, 3.63) is 52.2 Å². The highest BCUT2D eigenvalue weighted by Crippen LogP contribution is 2.17. The van der Waals surface area contributed by atoms with Crippen LogP contribution in [0.3, 0.4) is 0 Å². The molecular formula is C17H23N3OS. The lowest BCUT2D eigenvalue weighted by atomic mass is 10.1. The predicted molar refractivity (Wildman–Crippen MR) is 93.7 cm³/mol. The van der Waals surface area contributed by atoms with Crippen molar-refractivity contribution in [2.75, 3.05) is 13.1 Å². The van der Waals surface area contributed by atoms with Gasteiger partial charge < -0.3 is 15.7 Å². The largest absolute Gasteiger partial charge is 0.508 e. The molecule has 22 heavy (non-hydrogen) atoms. The molecule has 1 aromatic carbocycles. The number of nitrogens with zero attached hydrogens (tertiary/aromatic N) is 1. The smallest absolute Gasteiger partial charge is 0.191 e. The molecule has 0 fully saturated rings. The van der Waals surface area contributed by atoms with Crippen LogP contribution in [0.4, 0.5) is 0 Å². The third kappa shape index (κ3) is 5.07. The van der Waals surface area contributed by atoms with Crippen LogP contribution in [0.25, 0.3) is 0 Å². The average Bonchev–Trinajstić information content (AvgIpc) is 3.06. The Balaban J connectivity index is 1.90. The van der Waals surface area contributed by atoms with Crippen LogP contribution >= 0.6 is 11.3 Å². The molecule has 0 saturated heterocycles. The number of hydrogen-bond acceptors (Lipinski definition) is 3. The second kappa shape index (κ2) is 8.44. The van der Waals surface area contributed by atoms with E-state index in [0.717, 1.165) is 24.6 Å². The van der Waals surface area contributed by atoms with E-state index in [1.165, 1.54) is 5.56 Å². The van der Waals surface area contributed by atoms with Crippen molar-refractivity contribution in [1.82, 2.24) is 10.6 Å². The molecule has 0 amide bonds. The average molecular weight is 317 g/mol. The molecule has 0 aliphatic carbocycles. The molecule has 0 bridgehead atoms. The van der Waals surface area contributed by atoms with Gasteiger partial charge in [-0.3, -0.25) is 0 Å². The molecule has 0 spiro atoms. The Morgan fingerprint density at radius 3 is 2.64 bits per heavy atom. The molecule has 0 aliphatic rings. The maximum absolute atomic E-state index is 9.29. The Kier molecular flexibility index (Phi) is 6.27. The van der Waals surface area contributed by atoms with Crippen molar-refractivity contribution >= 4 is 17.3 Å². The third-order valence-corrected chi connectivity index (χ3v) is 4.09. The molecule has 2 aromatic rings. The first-order chi connectivity index (χ1) is 10.7. The Hall–Kier alpha value is -2.01. The summed E-state index contributed by atoms with van der Waals surface area (Å²) >= 11 is 1.73. The molecule has 5 heteroatoms. The van der Waals surface area contributed by atoms with Crippen LogP contribution in [0, 0.1) is 0 Å². The molecule has 2 rings (SSSR count). The van der Waals surface area contributed by atoms with E-state index >= 15 is 0 Å². The van der Waals surface area contributed by atoms with E-state index in [1.807, 2.05) is 12.1 Å². The quantitative estimate of drug-likeness (QED) is 0.566. The van der Waals surface area contributed by atoms with E-state index in [0.29, 0.717) is 12.5 Å². The number of phenols is 1. The van der Waals surface area contributed by atoms with Gasteiger partial charge in [0, 0.05) is 13.1 Å². The van der Waals surface area contributed by atoms with Gasteiger partial charge in [-0.15, -0.1) is 0 Å². The minimum absolute atomic E-state index is 0.280. The normalized spacial score (nSPS) is 12.9. The third-order valence-electron chi connectivity index (χ3n) is 3.39. The van der Waals surface area contributed by atoms with Crippen LogP contribution in [0.5, 0.6) is 5.75 Å². The molecule has 4 nitrogen and oxygen atoms in total. The number of aromatic hydroxyl groups is 1. The lowest BCUT2D eigenvalue weighted by Crippen LogP contribution is -2.39. The van der Waals surface area contributed by atoms with E-state index < -0.39 is 0 Å². The molecule has 118 valence electrons. The van der Waals surface area contributed by atoms with Gasteiger partial charge in [0.25, 0.3) is 0 Å². The van der Waals surface area contributed by atoms with Crippen molar-refractivity contribution in [2.45, 2.75) is 26.3 Å². The van der Waals surface area contributed by atoms with Gasteiger partial charge in [-0.05, 0) is 52.9 Å². The van der Waals surface area contributed by atoms with Crippen molar-refractivity contribution < 1.29 is 5.11 Å². The van der Waals surface area contributed by atoms with Crippen LogP contribution in [-0.4, -0.2) is 24.2 Å². The maximum Gasteiger partial charge on any atom is 0.191 e. The standard InChI is InChI=1S/C17H23N3OS/c1-3-18-17(19-10-13(2)15-8-9-22-12-15)20-11-14-4-6-16(21)7-5-14/h4-9,12-13,21H,3,10-11H2,1-2H3,(H2,18,19,20). The number of aliphatic imine (C=N–C) groups is 1. The number of benzene rings is 1. The summed E-state index contributed by atoms with van der Waals surface area (Å²) in [5.74, 6) is 1.55. The van der Waals surface area contributed by atoms with Crippen LogP contribution in [0.2, 0.25) is 0 Å². The van der Waals surface area contributed by atoms with Crippen LogP contribution < -0.4 is 10.6 Å². The SMILES string of the molecule is CCNC(=NCc1ccc(O)cc1)NCC(C)c1ccsc1. The van der Waals surface area contributed by atoms with E-state index in [4.69, 9.17) is 0 Å². The predicted octanol–water partition coefficient (Wildman–Crippen LogP) is 3.31. The number of nitrogens with one attached hydrogen (secondary N) is 2. The fourth-order valence-corrected chi connectivity index (χ4v) is 2.82. The minimum atomic E-state index is 0.280. The van der Waals surface area contributed by atoms with Crippen molar-refractivity contribution in [3.8, 4) is 5.75 Å². The summed E-state index contributed by atoms with van der Waals surface area (Å²) < 4.78 is 0. The number of rotatable bonds is 6. The number of guanidine groups is 1. The summed E-state index contributed by atoms with van der Waals surface area (Å²) in [5, 5.41) is 20.2. The van der Waals surface area contributed by atoms with Gasteiger partial charge in [-0.25, -0.2) is 4.99 Å². The molecular weight excluding hydrogens is 294 g/mol. The van der Waals surface area contributed by atoms with E-state index in [2.05, 4.69) is 46.3 Å². The van der Waals surface area contributed by atoms with Crippen molar-refractivity contribution in [1.29, 1.82) is 0 Å². The maximum atomic E-state index is 9.29. The molecule has 0 aliphatic heterocycles. The van der Waals surface area contributed by atoms with Gasteiger partial charge in [0.1, 0.15) is 5.75 Å². The summed E-state index contributed by atoms with van der Waals surface area (Å²) in [4.78, 5) is 4.58. The van der Waals surface area contributed by atoms with Crippen molar-refractivity contribution in [2.24, 2.45) is 4.99 Å². The summed E-state index contributed by atoms with van der Waals surface area (Å²) in [5.41, 5.74) is 2.42. The lowest BCUT2D eigenvalue weighted by Gasteiger charge is -2.15. The fraction of sp³-hybridized carbons (Fsp3) is 0.353. The second-order valence-corrected chi connectivity index (χ2v) is 5.98. The van der Waals surface area contributed by atoms with E-state index in [-0.39, 0.29) is 5.75 Å². The first kappa shape index (κ1) is 16.4. The molecule has 0 saturated carbocycles. The molecule has 0 radical (unpaired) electrons. The molecule has 3 N–H and O–H groups in total. The van der Waals surface area contributed by atoms with Gasteiger partial charge in [-0.1, -0.05) is 19.1 Å². The first-order valence-electron chi connectivity index (χ1n) is 7.51. The van der Waals surface area contributed by atoms with Crippen LogP contribution in [0.15, 0.2) is 46.1 Å². The highest BCUT2D eigenvalue weighted by atomic mass is 32.1. The van der Waals surface area contributed by atoms with Gasteiger partial charge >= 0.3 is 0 Å². The number of phenolic OH excluding ortho intramolecular Hbond substituents is 1. The molecule has 1 heterocycles. The van der Waals surface area contributed by atoms with Crippen LogP contribution in [0.1, 0.15) is 30.9 Å². The Morgan fingerprint density at radius 1 is 1.23 bits per heavy atom. The monoisotopic (exact) mass is 317 g/mol. The molecule has 1 unspecified atom stereocenters.